The fourth-order valence-corrected chi connectivity index (χ4v) is 2.07. The fraction of sp³-hybridized carbons (Fsp3) is 0.867. The molecule has 124 valence electrons. The Bertz CT molecular complexity index is 319. The summed E-state index contributed by atoms with van der Waals surface area (Å²) >= 11 is 0. The molecule has 0 heterocycles. The van der Waals surface area contributed by atoms with Gasteiger partial charge in [0.25, 0.3) is 0 Å². The van der Waals surface area contributed by atoms with Gasteiger partial charge in [-0.2, -0.15) is 0 Å². The summed E-state index contributed by atoms with van der Waals surface area (Å²) < 4.78 is 0. The van der Waals surface area contributed by atoms with Gasteiger partial charge in [0.05, 0.1) is 0 Å². The molecule has 0 radical (unpaired) electrons. The summed E-state index contributed by atoms with van der Waals surface area (Å²) in [6.07, 6.45) is 1.68. The number of aliphatic carboxylic acids is 1. The highest BCUT2D eigenvalue weighted by Gasteiger charge is 2.16. The van der Waals surface area contributed by atoms with Gasteiger partial charge in [-0.15, -0.1) is 0 Å². The van der Waals surface area contributed by atoms with Gasteiger partial charge in [0, 0.05) is 33.1 Å². The predicted molar refractivity (Wildman–Crippen MR) is 84.4 cm³/mol. The van der Waals surface area contributed by atoms with Crippen molar-refractivity contribution in [3.8, 4) is 0 Å². The van der Waals surface area contributed by atoms with Crippen LogP contribution in [0.15, 0.2) is 0 Å². The zero-order valence-electron chi connectivity index (χ0n) is 14.1. The predicted octanol–water partition coefficient (Wildman–Crippen LogP) is 1.72. The van der Waals surface area contributed by atoms with E-state index in [2.05, 4.69) is 19.2 Å². The molecule has 0 saturated heterocycles. The van der Waals surface area contributed by atoms with Crippen molar-refractivity contribution < 1.29 is 14.7 Å². The van der Waals surface area contributed by atoms with E-state index in [1.807, 2.05) is 19.0 Å². The number of nitrogens with one attached hydrogen (secondary N) is 1. The Balaban J connectivity index is 4.01. The molecule has 0 rings (SSSR count). The van der Waals surface area contributed by atoms with Crippen LogP contribution in [-0.4, -0.2) is 67.7 Å². The van der Waals surface area contributed by atoms with Crippen molar-refractivity contribution >= 4 is 12.0 Å². The molecular formula is C15H31N3O3. The first-order valence-electron chi connectivity index (χ1n) is 7.59. The minimum atomic E-state index is -0.756. The smallest absolute Gasteiger partial charge is 0.317 e. The lowest BCUT2D eigenvalue weighted by molar-refractivity contribution is -0.137. The molecule has 0 bridgehead atoms. The number of carbonyl (C=O) groups is 2. The van der Waals surface area contributed by atoms with Crippen molar-refractivity contribution in [3.63, 3.8) is 0 Å². The van der Waals surface area contributed by atoms with Gasteiger partial charge < -0.3 is 20.2 Å². The summed E-state index contributed by atoms with van der Waals surface area (Å²) in [5.41, 5.74) is 0. The molecule has 1 unspecified atom stereocenters. The Hall–Kier alpha value is -1.30. The van der Waals surface area contributed by atoms with Crippen molar-refractivity contribution in [3.05, 3.63) is 0 Å². The number of carboxylic acids is 1. The lowest BCUT2D eigenvalue weighted by Crippen LogP contribution is -2.41. The van der Waals surface area contributed by atoms with E-state index < -0.39 is 5.97 Å². The highest BCUT2D eigenvalue weighted by atomic mass is 16.4. The number of rotatable bonds is 10. The standard InChI is InChI=1S/C15H31N3O3/c1-12(2)13(6-7-14(19)20)8-9-16-15(21)18(5)11-10-17(3)4/h12-13H,6-11H2,1-5H3,(H,16,21)(H,19,20). The number of carbonyl (C=O) groups excluding carboxylic acids is 1. The first-order chi connectivity index (χ1) is 9.73. The van der Waals surface area contributed by atoms with Gasteiger partial charge in [-0.3, -0.25) is 4.79 Å². The molecule has 0 fully saturated rings. The third kappa shape index (κ3) is 10.1. The van der Waals surface area contributed by atoms with Crippen LogP contribution in [0, 0.1) is 11.8 Å². The summed E-state index contributed by atoms with van der Waals surface area (Å²) in [7, 11) is 5.73. The van der Waals surface area contributed by atoms with Crippen LogP contribution in [0.5, 0.6) is 0 Å². The molecule has 21 heavy (non-hydrogen) atoms. The van der Waals surface area contributed by atoms with Crippen LogP contribution in [0.2, 0.25) is 0 Å². The van der Waals surface area contributed by atoms with Crippen LogP contribution in [0.25, 0.3) is 0 Å². The van der Waals surface area contributed by atoms with E-state index in [-0.39, 0.29) is 12.5 Å². The summed E-state index contributed by atoms with van der Waals surface area (Å²) in [5, 5.41) is 11.7. The van der Waals surface area contributed by atoms with Crippen LogP contribution in [-0.2, 0) is 4.79 Å². The van der Waals surface area contributed by atoms with Crippen LogP contribution in [0.1, 0.15) is 33.1 Å². The van der Waals surface area contributed by atoms with Crippen molar-refractivity contribution in [2.75, 3.05) is 40.8 Å². The largest absolute Gasteiger partial charge is 0.481 e. The second kappa shape index (κ2) is 10.4. The summed E-state index contributed by atoms with van der Waals surface area (Å²) in [6, 6.07) is -0.0717. The molecule has 0 saturated carbocycles. The highest BCUT2D eigenvalue weighted by Crippen LogP contribution is 2.20. The van der Waals surface area contributed by atoms with Gasteiger partial charge in [0.2, 0.25) is 0 Å². The van der Waals surface area contributed by atoms with Crippen LogP contribution in [0.4, 0.5) is 4.79 Å². The SMILES string of the molecule is CC(C)C(CCNC(=O)N(C)CCN(C)C)CCC(=O)O. The van der Waals surface area contributed by atoms with Gasteiger partial charge in [-0.05, 0) is 38.8 Å². The van der Waals surface area contributed by atoms with E-state index in [1.54, 1.807) is 11.9 Å². The summed E-state index contributed by atoms with van der Waals surface area (Å²) in [4.78, 5) is 26.2. The molecule has 1 atom stereocenters. The lowest BCUT2D eigenvalue weighted by Gasteiger charge is -2.23. The van der Waals surface area contributed by atoms with Crippen molar-refractivity contribution in [2.24, 2.45) is 11.8 Å². The number of carboxylic acid groups (broad SMARTS) is 1. The number of nitrogens with zero attached hydrogens (tertiary/aromatic N) is 2. The van der Waals surface area contributed by atoms with E-state index in [1.165, 1.54) is 0 Å². The third-order valence-corrected chi connectivity index (χ3v) is 3.69. The second-order valence-electron chi connectivity index (χ2n) is 6.18. The Morgan fingerprint density at radius 1 is 1.10 bits per heavy atom. The molecule has 0 spiro atoms. The molecule has 0 aromatic carbocycles. The maximum Gasteiger partial charge on any atom is 0.317 e. The van der Waals surface area contributed by atoms with E-state index >= 15 is 0 Å². The minimum Gasteiger partial charge on any atom is -0.481 e. The van der Waals surface area contributed by atoms with Gasteiger partial charge in [-0.25, -0.2) is 4.79 Å². The van der Waals surface area contributed by atoms with Gasteiger partial charge in [-0.1, -0.05) is 13.8 Å². The fourth-order valence-electron chi connectivity index (χ4n) is 2.07. The van der Waals surface area contributed by atoms with E-state index in [4.69, 9.17) is 5.11 Å². The zero-order valence-corrected chi connectivity index (χ0v) is 14.1. The quantitative estimate of drug-likeness (QED) is 0.644. The molecular weight excluding hydrogens is 270 g/mol. The monoisotopic (exact) mass is 301 g/mol. The third-order valence-electron chi connectivity index (χ3n) is 3.69. The first kappa shape index (κ1) is 19.7. The molecule has 2 amide bonds. The van der Waals surface area contributed by atoms with Crippen molar-refractivity contribution in [1.29, 1.82) is 0 Å². The summed E-state index contributed by atoms with van der Waals surface area (Å²) in [6.45, 7) is 6.30. The number of hydrogen-bond acceptors (Lipinski definition) is 3. The Morgan fingerprint density at radius 2 is 1.71 bits per heavy atom. The van der Waals surface area contributed by atoms with Crippen molar-refractivity contribution in [2.45, 2.75) is 33.1 Å². The number of hydrogen-bond donors (Lipinski definition) is 2. The number of urea groups is 1. The topological polar surface area (TPSA) is 72.9 Å². The molecule has 2 N–H and O–H groups in total. The molecule has 6 nitrogen and oxygen atoms in total. The van der Waals surface area contributed by atoms with Crippen LogP contribution in [0.3, 0.4) is 0 Å². The minimum absolute atomic E-state index is 0.0717. The lowest BCUT2D eigenvalue weighted by atomic mass is 9.88. The Kier molecular flexibility index (Phi) is 9.78. The van der Waals surface area contributed by atoms with Crippen LogP contribution < -0.4 is 5.32 Å². The van der Waals surface area contributed by atoms with Gasteiger partial charge >= 0.3 is 12.0 Å². The number of likely N-dealkylation sites (N-methyl/N-ethyl adjacent to an activating group) is 2. The molecule has 6 heteroatoms. The van der Waals surface area contributed by atoms with E-state index in [9.17, 15) is 9.59 Å². The molecule has 0 aliphatic carbocycles. The van der Waals surface area contributed by atoms with E-state index in [0.29, 0.717) is 31.3 Å². The van der Waals surface area contributed by atoms with E-state index in [0.717, 1.165) is 13.0 Å². The average molecular weight is 301 g/mol. The van der Waals surface area contributed by atoms with Crippen LogP contribution >= 0.6 is 0 Å². The highest BCUT2D eigenvalue weighted by molar-refractivity contribution is 5.73. The van der Waals surface area contributed by atoms with Gasteiger partial charge in [0.15, 0.2) is 0 Å². The molecule has 0 aromatic rings. The normalized spacial score (nSPS) is 12.5. The van der Waals surface area contributed by atoms with Gasteiger partial charge in [0.1, 0.15) is 0 Å². The first-order valence-corrected chi connectivity index (χ1v) is 7.59. The Labute approximate surface area is 128 Å². The number of amides is 2. The second-order valence-corrected chi connectivity index (χ2v) is 6.18. The maximum absolute atomic E-state index is 11.9. The average Bonchev–Trinajstić information content (AvgIpc) is 2.38. The zero-order chi connectivity index (χ0) is 16.4. The Morgan fingerprint density at radius 3 is 2.19 bits per heavy atom. The maximum atomic E-state index is 11.9. The summed E-state index contributed by atoms with van der Waals surface area (Å²) in [5.74, 6) is -0.00527. The molecule has 0 aromatic heterocycles. The molecule has 0 aliphatic rings. The van der Waals surface area contributed by atoms with Crippen molar-refractivity contribution in [1.82, 2.24) is 15.1 Å². The molecule has 0 aliphatic heterocycles.